The van der Waals surface area contributed by atoms with Crippen LogP contribution in [0.2, 0.25) is 0 Å². The van der Waals surface area contributed by atoms with Crippen molar-refractivity contribution in [3.63, 3.8) is 0 Å². The molecular formula is C11H17F3N4S. The summed E-state index contributed by atoms with van der Waals surface area (Å²) in [5.74, 6) is -1.03. The molecule has 0 bridgehead atoms. The van der Waals surface area contributed by atoms with Crippen LogP contribution in [-0.4, -0.2) is 34.5 Å². The van der Waals surface area contributed by atoms with E-state index in [9.17, 15) is 13.2 Å². The molecule has 0 amide bonds. The van der Waals surface area contributed by atoms with E-state index in [2.05, 4.69) is 14.7 Å². The van der Waals surface area contributed by atoms with E-state index in [4.69, 9.17) is 0 Å². The second kappa shape index (κ2) is 5.62. The van der Waals surface area contributed by atoms with E-state index in [-0.39, 0.29) is 6.04 Å². The van der Waals surface area contributed by atoms with Crippen LogP contribution in [0.25, 0.3) is 0 Å². The van der Waals surface area contributed by atoms with Crippen LogP contribution in [0.3, 0.4) is 0 Å². The number of hydrogen-bond donors (Lipinski definition) is 1. The maximum atomic E-state index is 12.5. The first-order valence-electron chi connectivity index (χ1n) is 6.29. The van der Waals surface area contributed by atoms with Crippen molar-refractivity contribution in [3.8, 4) is 0 Å². The third kappa shape index (κ3) is 3.56. The zero-order chi connectivity index (χ0) is 14.0. The molecule has 0 spiro atoms. The van der Waals surface area contributed by atoms with Crippen molar-refractivity contribution < 1.29 is 13.2 Å². The molecule has 0 saturated carbocycles. The molecule has 8 heteroatoms. The summed E-state index contributed by atoms with van der Waals surface area (Å²) in [6, 6.07) is 0.569. The van der Waals surface area contributed by atoms with Crippen LogP contribution in [0.1, 0.15) is 32.5 Å². The Labute approximate surface area is 114 Å². The minimum atomic E-state index is -4.46. The molecule has 108 valence electrons. The van der Waals surface area contributed by atoms with Crippen molar-refractivity contribution in [2.24, 2.45) is 0 Å². The fourth-order valence-electron chi connectivity index (χ4n) is 2.12. The third-order valence-electron chi connectivity index (χ3n) is 3.05. The maximum absolute atomic E-state index is 12.5. The molecule has 1 aliphatic heterocycles. The molecule has 0 radical (unpaired) electrons. The Morgan fingerprint density at radius 1 is 1.47 bits per heavy atom. The van der Waals surface area contributed by atoms with E-state index >= 15 is 0 Å². The lowest BCUT2D eigenvalue weighted by Crippen LogP contribution is -2.40. The van der Waals surface area contributed by atoms with E-state index < -0.39 is 12.0 Å². The molecule has 1 unspecified atom stereocenters. The normalized spacial score (nSPS) is 20.5. The molecule has 19 heavy (non-hydrogen) atoms. The van der Waals surface area contributed by atoms with E-state index in [1.807, 2.05) is 18.7 Å². The Hall–Kier alpha value is -0.890. The van der Waals surface area contributed by atoms with Crippen molar-refractivity contribution in [1.82, 2.24) is 14.7 Å². The molecule has 1 fully saturated rings. The van der Waals surface area contributed by atoms with E-state index in [1.165, 1.54) is 0 Å². The first kappa shape index (κ1) is 14.5. The van der Waals surface area contributed by atoms with Crippen LogP contribution in [0.4, 0.5) is 18.3 Å². The van der Waals surface area contributed by atoms with Gasteiger partial charge >= 0.3 is 6.18 Å². The highest BCUT2D eigenvalue weighted by Gasteiger charge is 2.37. The Kier molecular flexibility index (Phi) is 4.29. The minimum Gasteiger partial charge on any atom is -0.343 e. The van der Waals surface area contributed by atoms with Gasteiger partial charge in [0.25, 0.3) is 0 Å². The molecule has 2 heterocycles. The average Bonchev–Trinajstić information content (AvgIpc) is 2.93. The monoisotopic (exact) mass is 294 g/mol. The predicted molar refractivity (Wildman–Crippen MR) is 68.4 cm³/mol. The maximum Gasteiger partial charge on any atom is 0.452 e. The van der Waals surface area contributed by atoms with Gasteiger partial charge in [-0.2, -0.15) is 22.5 Å². The Bertz CT molecular complexity index is 418. The number of halogens is 3. The van der Waals surface area contributed by atoms with Crippen LogP contribution in [-0.2, 0) is 6.18 Å². The fraction of sp³-hybridized carbons (Fsp3) is 0.818. The zero-order valence-electron chi connectivity index (χ0n) is 10.9. The first-order valence-corrected chi connectivity index (χ1v) is 7.06. The SMILES string of the molecule is CC(C)NCC1CCCN1c1nc(C(F)(F)F)ns1. The number of alkyl halides is 3. The van der Waals surface area contributed by atoms with Gasteiger partial charge < -0.3 is 10.2 Å². The molecule has 1 aliphatic rings. The minimum absolute atomic E-state index is 0.205. The summed E-state index contributed by atoms with van der Waals surface area (Å²) in [5, 5.41) is 3.69. The topological polar surface area (TPSA) is 41.0 Å². The van der Waals surface area contributed by atoms with Crippen molar-refractivity contribution >= 4 is 16.7 Å². The molecule has 1 aromatic heterocycles. The van der Waals surface area contributed by atoms with Crippen molar-refractivity contribution in [2.45, 2.75) is 44.9 Å². The van der Waals surface area contributed by atoms with Gasteiger partial charge in [0.15, 0.2) is 0 Å². The van der Waals surface area contributed by atoms with Gasteiger partial charge in [-0.15, -0.1) is 0 Å². The third-order valence-corrected chi connectivity index (χ3v) is 3.81. The molecule has 1 aromatic rings. The average molecular weight is 294 g/mol. The molecule has 4 nitrogen and oxygen atoms in total. The van der Waals surface area contributed by atoms with Gasteiger partial charge in [0.05, 0.1) is 0 Å². The molecule has 2 rings (SSSR count). The van der Waals surface area contributed by atoms with Gasteiger partial charge in [0.2, 0.25) is 11.0 Å². The van der Waals surface area contributed by atoms with Crippen molar-refractivity contribution in [3.05, 3.63) is 5.82 Å². The van der Waals surface area contributed by atoms with Crippen LogP contribution in [0.5, 0.6) is 0 Å². The summed E-state index contributed by atoms with van der Waals surface area (Å²) in [6.07, 6.45) is -2.51. The standard InChI is InChI=1S/C11H17F3N4S/c1-7(2)15-6-8-4-3-5-18(8)10-16-9(17-19-10)11(12,13)14/h7-8,15H,3-6H2,1-2H3. The van der Waals surface area contributed by atoms with E-state index in [1.54, 1.807) is 0 Å². The predicted octanol–water partition coefficient (Wildman–Crippen LogP) is 2.52. The summed E-state index contributed by atoms with van der Waals surface area (Å²) in [4.78, 5) is 5.55. The first-order chi connectivity index (χ1) is 8.88. The summed E-state index contributed by atoms with van der Waals surface area (Å²) in [7, 11) is 0. The molecule has 0 aliphatic carbocycles. The van der Waals surface area contributed by atoms with E-state index in [0.717, 1.165) is 37.5 Å². The number of aromatic nitrogens is 2. The largest absolute Gasteiger partial charge is 0.452 e. The Morgan fingerprint density at radius 3 is 2.79 bits per heavy atom. The second-order valence-electron chi connectivity index (χ2n) is 4.95. The van der Waals surface area contributed by atoms with Gasteiger partial charge in [-0.1, -0.05) is 13.8 Å². The lowest BCUT2D eigenvalue weighted by molar-refractivity contribution is -0.144. The number of nitrogens with one attached hydrogen (secondary N) is 1. The van der Waals surface area contributed by atoms with Crippen LogP contribution < -0.4 is 10.2 Å². The lowest BCUT2D eigenvalue weighted by Gasteiger charge is -2.24. The quantitative estimate of drug-likeness (QED) is 0.926. The summed E-state index contributed by atoms with van der Waals surface area (Å²) in [5.41, 5.74) is 0. The van der Waals surface area contributed by atoms with Crippen molar-refractivity contribution in [1.29, 1.82) is 0 Å². The van der Waals surface area contributed by atoms with Crippen LogP contribution in [0, 0.1) is 0 Å². The molecule has 1 N–H and O–H groups in total. The van der Waals surface area contributed by atoms with Gasteiger partial charge in [-0.3, -0.25) is 0 Å². The van der Waals surface area contributed by atoms with E-state index in [0.29, 0.717) is 11.2 Å². The number of rotatable bonds is 4. The second-order valence-corrected chi connectivity index (χ2v) is 5.68. The van der Waals surface area contributed by atoms with Gasteiger partial charge in [0.1, 0.15) is 0 Å². The summed E-state index contributed by atoms with van der Waals surface area (Å²) in [6.45, 7) is 5.60. The molecule has 1 atom stereocenters. The van der Waals surface area contributed by atoms with Crippen LogP contribution >= 0.6 is 11.5 Å². The number of hydrogen-bond acceptors (Lipinski definition) is 5. The molecule has 0 aromatic carbocycles. The molecule has 1 saturated heterocycles. The van der Waals surface area contributed by atoms with Crippen LogP contribution in [0.15, 0.2) is 0 Å². The highest BCUT2D eigenvalue weighted by atomic mass is 32.1. The summed E-state index contributed by atoms with van der Waals surface area (Å²) >= 11 is 0.829. The molecular weight excluding hydrogens is 277 g/mol. The highest BCUT2D eigenvalue weighted by molar-refractivity contribution is 7.09. The van der Waals surface area contributed by atoms with Gasteiger partial charge in [-0.25, -0.2) is 0 Å². The zero-order valence-corrected chi connectivity index (χ0v) is 11.7. The van der Waals surface area contributed by atoms with Crippen molar-refractivity contribution in [2.75, 3.05) is 18.0 Å². The van der Waals surface area contributed by atoms with Gasteiger partial charge in [-0.05, 0) is 12.8 Å². The van der Waals surface area contributed by atoms with Gasteiger partial charge in [0, 0.05) is 36.7 Å². The fourth-order valence-corrected chi connectivity index (χ4v) is 2.90. The summed E-state index contributed by atoms with van der Waals surface area (Å²) < 4.78 is 40.9. The Balaban J connectivity index is 2.05. The number of anilines is 1. The smallest absolute Gasteiger partial charge is 0.343 e. The Morgan fingerprint density at radius 2 is 2.21 bits per heavy atom. The number of nitrogens with zero attached hydrogens (tertiary/aromatic N) is 3. The lowest BCUT2D eigenvalue weighted by atomic mass is 10.2. The highest BCUT2D eigenvalue weighted by Crippen LogP contribution is 2.32.